The van der Waals surface area contributed by atoms with Crippen molar-refractivity contribution in [3.63, 3.8) is 0 Å². The Morgan fingerprint density at radius 1 is 1.32 bits per heavy atom. The van der Waals surface area contributed by atoms with Gasteiger partial charge < -0.3 is 0 Å². The first-order chi connectivity index (χ1) is 9.13. The van der Waals surface area contributed by atoms with E-state index in [1.165, 1.54) is 0 Å². The second kappa shape index (κ2) is 6.09. The molecule has 1 aromatic carbocycles. The van der Waals surface area contributed by atoms with Gasteiger partial charge in [-0.2, -0.15) is 5.26 Å². The van der Waals surface area contributed by atoms with Crippen LogP contribution >= 0.6 is 31.9 Å². The maximum absolute atomic E-state index is 12.4. The molecule has 1 unspecified atom stereocenters. The lowest BCUT2D eigenvalue weighted by molar-refractivity contribution is 0.0978. The van der Waals surface area contributed by atoms with Gasteiger partial charge in [-0.1, -0.05) is 37.9 Å². The first-order valence-corrected chi connectivity index (χ1v) is 7.01. The van der Waals surface area contributed by atoms with Crippen molar-refractivity contribution < 1.29 is 4.79 Å². The Balaban J connectivity index is 2.40. The van der Waals surface area contributed by atoms with Crippen LogP contribution in [0.25, 0.3) is 0 Å². The molecular formula is C14H8Br2N2O. The van der Waals surface area contributed by atoms with E-state index in [1.807, 2.05) is 6.07 Å². The second-order valence-corrected chi connectivity index (χ2v) is 5.61. The lowest BCUT2D eigenvalue weighted by Gasteiger charge is -2.09. The number of benzene rings is 1. The molecule has 1 heterocycles. The van der Waals surface area contributed by atoms with E-state index in [2.05, 4.69) is 36.8 Å². The third-order valence-corrected chi connectivity index (χ3v) is 3.75. The van der Waals surface area contributed by atoms with Crippen LogP contribution in [0, 0.1) is 11.3 Å². The van der Waals surface area contributed by atoms with Gasteiger partial charge in [0.05, 0.1) is 6.07 Å². The van der Waals surface area contributed by atoms with Crippen LogP contribution in [-0.4, -0.2) is 10.8 Å². The van der Waals surface area contributed by atoms with Crippen molar-refractivity contribution in [2.75, 3.05) is 0 Å². The van der Waals surface area contributed by atoms with Crippen molar-refractivity contribution >= 4 is 37.6 Å². The lowest BCUT2D eigenvalue weighted by Crippen LogP contribution is -2.12. The Morgan fingerprint density at radius 2 is 2.11 bits per heavy atom. The molecule has 0 N–H and O–H groups in total. The number of nitrogens with zero attached hydrogens (tertiary/aromatic N) is 2. The Hall–Kier alpha value is -1.51. The van der Waals surface area contributed by atoms with Crippen molar-refractivity contribution in [2.24, 2.45) is 0 Å². The van der Waals surface area contributed by atoms with Gasteiger partial charge in [-0.05, 0) is 29.8 Å². The van der Waals surface area contributed by atoms with Crippen LogP contribution in [-0.2, 0) is 0 Å². The summed E-state index contributed by atoms with van der Waals surface area (Å²) in [5.41, 5.74) is 1.09. The van der Waals surface area contributed by atoms with Crippen LogP contribution in [0.1, 0.15) is 21.8 Å². The molecule has 2 rings (SSSR count). The third kappa shape index (κ3) is 3.09. The van der Waals surface area contributed by atoms with Gasteiger partial charge >= 0.3 is 0 Å². The smallest absolute Gasteiger partial charge is 0.185 e. The van der Waals surface area contributed by atoms with Gasteiger partial charge in [0.25, 0.3) is 0 Å². The molecule has 0 aliphatic heterocycles. The average Bonchev–Trinajstić information content (AvgIpc) is 2.40. The van der Waals surface area contributed by atoms with E-state index >= 15 is 0 Å². The molecule has 5 heteroatoms. The fourth-order valence-electron chi connectivity index (χ4n) is 1.68. The minimum Gasteiger partial charge on any atom is -0.292 e. The van der Waals surface area contributed by atoms with Gasteiger partial charge in [0.1, 0.15) is 5.92 Å². The molecule has 0 bridgehead atoms. The standard InChI is InChI=1S/C14H8Br2N2O/c15-10-3-4-11(13(16)6-10)14(19)12(7-17)9-2-1-5-18-8-9/h1-6,8,12H. The van der Waals surface area contributed by atoms with Crippen molar-refractivity contribution in [1.29, 1.82) is 5.26 Å². The number of rotatable bonds is 3. The Labute approximate surface area is 127 Å². The minimum absolute atomic E-state index is 0.241. The van der Waals surface area contributed by atoms with E-state index in [9.17, 15) is 10.1 Å². The first-order valence-electron chi connectivity index (χ1n) is 5.42. The number of carbonyl (C=O) groups excluding carboxylic acids is 1. The molecule has 0 spiro atoms. The molecule has 0 radical (unpaired) electrons. The number of carbonyl (C=O) groups is 1. The number of Topliss-reactive ketones (excluding diaryl/α,β-unsaturated/α-hetero) is 1. The maximum atomic E-state index is 12.4. The summed E-state index contributed by atoms with van der Waals surface area (Å²) < 4.78 is 1.53. The highest BCUT2D eigenvalue weighted by atomic mass is 79.9. The number of halogens is 2. The highest BCUT2D eigenvalue weighted by molar-refractivity contribution is 9.11. The van der Waals surface area contributed by atoms with E-state index in [-0.39, 0.29) is 5.78 Å². The predicted octanol–water partition coefficient (Wildman–Crippen LogP) is 4.10. The van der Waals surface area contributed by atoms with Crippen molar-refractivity contribution in [3.8, 4) is 6.07 Å². The molecule has 3 nitrogen and oxygen atoms in total. The van der Waals surface area contributed by atoms with Gasteiger partial charge in [0.15, 0.2) is 5.78 Å². The largest absolute Gasteiger partial charge is 0.292 e. The number of hydrogen-bond donors (Lipinski definition) is 0. The third-order valence-electron chi connectivity index (χ3n) is 2.61. The van der Waals surface area contributed by atoms with Crippen LogP contribution in [0.5, 0.6) is 0 Å². The zero-order valence-corrected chi connectivity index (χ0v) is 12.8. The zero-order chi connectivity index (χ0) is 13.8. The molecule has 0 aliphatic carbocycles. The molecule has 0 aliphatic rings. The highest BCUT2D eigenvalue weighted by Crippen LogP contribution is 2.27. The second-order valence-electron chi connectivity index (χ2n) is 3.84. The Morgan fingerprint density at radius 3 is 2.68 bits per heavy atom. The molecule has 0 fully saturated rings. The molecule has 0 saturated carbocycles. The van der Waals surface area contributed by atoms with Crippen LogP contribution in [0.4, 0.5) is 0 Å². The summed E-state index contributed by atoms with van der Waals surface area (Å²) in [6.07, 6.45) is 3.15. The topological polar surface area (TPSA) is 53.8 Å². The van der Waals surface area contributed by atoms with Gasteiger partial charge in [-0.3, -0.25) is 9.78 Å². The molecule has 19 heavy (non-hydrogen) atoms. The van der Waals surface area contributed by atoms with E-state index < -0.39 is 5.92 Å². The Kier molecular flexibility index (Phi) is 4.46. The summed E-state index contributed by atoms with van der Waals surface area (Å²) in [5, 5.41) is 9.23. The van der Waals surface area contributed by atoms with E-state index in [0.29, 0.717) is 15.6 Å². The van der Waals surface area contributed by atoms with Gasteiger partial charge in [0, 0.05) is 26.9 Å². The van der Waals surface area contributed by atoms with Crippen LogP contribution < -0.4 is 0 Å². The zero-order valence-electron chi connectivity index (χ0n) is 9.68. The summed E-state index contributed by atoms with van der Waals surface area (Å²) in [4.78, 5) is 16.4. The van der Waals surface area contributed by atoms with E-state index in [4.69, 9.17) is 0 Å². The minimum atomic E-state index is -0.842. The first kappa shape index (κ1) is 13.9. The summed E-state index contributed by atoms with van der Waals surface area (Å²) in [6, 6.07) is 10.7. The number of aromatic nitrogens is 1. The molecule has 0 saturated heterocycles. The lowest BCUT2D eigenvalue weighted by atomic mass is 9.93. The maximum Gasteiger partial charge on any atom is 0.185 e. The molecule has 94 valence electrons. The van der Waals surface area contributed by atoms with Crippen LogP contribution in [0.15, 0.2) is 51.7 Å². The number of nitriles is 1. The predicted molar refractivity (Wildman–Crippen MR) is 78.8 cm³/mol. The van der Waals surface area contributed by atoms with Crippen LogP contribution in [0.2, 0.25) is 0 Å². The molecule has 0 amide bonds. The van der Waals surface area contributed by atoms with Crippen molar-refractivity contribution in [1.82, 2.24) is 4.98 Å². The SMILES string of the molecule is N#CC(C(=O)c1ccc(Br)cc1Br)c1cccnc1. The van der Waals surface area contributed by atoms with Gasteiger partial charge in [-0.15, -0.1) is 0 Å². The van der Waals surface area contributed by atoms with E-state index in [0.717, 1.165) is 4.47 Å². The number of ketones is 1. The summed E-state index contributed by atoms with van der Waals surface area (Å²) >= 11 is 6.67. The van der Waals surface area contributed by atoms with Crippen LogP contribution in [0.3, 0.4) is 0 Å². The molecular weight excluding hydrogens is 372 g/mol. The molecule has 2 aromatic rings. The van der Waals surface area contributed by atoms with Crippen molar-refractivity contribution in [2.45, 2.75) is 5.92 Å². The summed E-state index contributed by atoms with van der Waals surface area (Å²) in [7, 11) is 0. The fourth-order valence-corrected chi connectivity index (χ4v) is 2.92. The molecule has 1 aromatic heterocycles. The fraction of sp³-hybridized carbons (Fsp3) is 0.0714. The molecule has 1 atom stereocenters. The summed E-state index contributed by atoms with van der Waals surface area (Å²) in [5.74, 6) is -1.08. The highest BCUT2D eigenvalue weighted by Gasteiger charge is 2.23. The monoisotopic (exact) mass is 378 g/mol. The summed E-state index contributed by atoms with van der Waals surface area (Å²) in [6.45, 7) is 0. The van der Waals surface area contributed by atoms with Gasteiger partial charge in [0.2, 0.25) is 0 Å². The number of hydrogen-bond acceptors (Lipinski definition) is 3. The average molecular weight is 380 g/mol. The van der Waals surface area contributed by atoms with Crippen molar-refractivity contribution in [3.05, 3.63) is 62.8 Å². The van der Waals surface area contributed by atoms with Gasteiger partial charge in [-0.25, -0.2) is 0 Å². The Bertz CT molecular complexity index is 650. The normalized spacial score (nSPS) is 11.6. The quantitative estimate of drug-likeness (QED) is 0.754. The van der Waals surface area contributed by atoms with E-state index in [1.54, 1.807) is 42.7 Å². The number of pyridine rings is 1.